The van der Waals surface area contributed by atoms with Crippen molar-refractivity contribution in [3.63, 3.8) is 0 Å². The van der Waals surface area contributed by atoms with Gasteiger partial charge in [0.15, 0.2) is 5.69 Å². The molecule has 1 N–H and O–H groups in total. The van der Waals surface area contributed by atoms with Gasteiger partial charge >= 0.3 is 5.97 Å². The maximum Gasteiger partial charge on any atom is 0.356 e. The zero-order valence-electron chi connectivity index (χ0n) is 13.8. The SMILES string of the molecule is COC(=O)c1cc(Nc2cccc(OC)c2)c2cccc(C)c2n1. The monoisotopic (exact) mass is 322 g/mol. The molecule has 0 bridgehead atoms. The molecule has 0 spiro atoms. The molecule has 1 heterocycles. The summed E-state index contributed by atoms with van der Waals surface area (Å²) < 4.78 is 10.1. The Bertz CT molecular complexity index is 906. The number of benzene rings is 2. The lowest BCUT2D eigenvalue weighted by Gasteiger charge is -2.13. The second kappa shape index (κ2) is 6.58. The van der Waals surface area contributed by atoms with Crippen LogP contribution in [0.1, 0.15) is 16.1 Å². The smallest absolute Gasteiger partial charge is 0.356 e. The first-order chi connectivity index (χ1) is 11.6. The number of aryl methyl sites for hydroxylation is 1. The summed E-state index contributed by atoms with van der Waals surface area (Å²) in [6.45, 7) is 1.96. The second-order valence-electron chi connectivity index (χ2n) is 5.37. The van der Waals surface area contributed by atoms with Crippen molar-refractivity contribution in [1.82, 2.24) is 4.98 Å². The average molecular weight is 322 g/mol. The normalized spacial score (nSPS) is 10.5. The quantitative estimate of drug-likeness (QED) is 0.733. The number of nitrogens with one attached hydrogen (secondary N) is 1. The highest BCUT2D eigenvalue weighted by Crippen LogP contribution is 2.29. The molecule has 0 aliphatic carbocycles. The number of nitrogens with zero attached hydrogens (tertiary/aromatic N) is 1. The average Bonchev–Trinajstić information content (AvgIpc) is 2.61. The highest BCUT2D eigenvalue weighted by atomic mass is 16.5. The maximum absolute atomic E-state index is 11.9. The molecular weight excluding hydrogens is 304 g/mol. The van der Waals surface area contributed by atoms with Crippen molar-refractivity contribution in [2.24, 2.45) is 0 Å². The van der Waals surface area contributed by atoms with Crippen LogP contribution in [0.5, 0.6) is 5.75 Å². The molecule has 0 aliphatic rings. The zero-order valence-corrected chi connectivity index (χ0v) is 13.8. The lowest BCUT2D eigenvalue weighted by molar-refractivity contribution is 0.0594. The van der Waals surface area contributed by atoms with E-state index in [1.807, 2.05) is 49.4 Å². The first-order valence-electron chi connectivity index (χ1n) is 7.52. The minimum atomic E-state index is -0.464. The fourth-order valence-corrected chi connectivity index (χ4v) is 2.56. The number of rotatable bonds is 4. The summed E-state index contributed by atoms with van der Waals surface area (Å²) in [6, 6.07) is 15.2. The summed E-state index contributed by atoms with van der Waals surface area (Å²) in [5, 5.41) is 4.28. The van der Waals surface area contributed by atoms with Gasteiger partial charge in [-0.2, -0.15) is 0 Å². The van der Waals surface area contributed by atoms with Crippen LogP contribution in [0, 0.1) is 6.92 Å². The van der Waals surface area contributed by atoms with E-state index in [0.29, 0.717) is 0 Å². The molecule has 0 aliphatic heterocycles. The van der Waals surface area contributed by atoms with Gasteiger partial charge in [0, 0.05) is 17.1 Å². The molecule has 122 valence electrons. The molecule has 3 rings (SSSR count). The predicted octanol–water partition coefficient (Wildman–Crippen LogP) is 4.08. The van der Waals surface area contributed by atoms with Crippen LogP contribution in [0.3, 0.4) is 0 Å². The van der Waals surface area contributed by atoms with Crippen molar-refractivity contribution in [1.29, 1.82) is 0 Å². The molecule has 0 amide bonds. The molecule has 5 nitrogen and oxygen atoms in total. The van der Waals surface area contributed by atoms with E-state index in [1.54, 1.807) is 13.2 Å². The molecule has 0 atom stereocenters. The molecule has 0 unspecified atom stereocenters. The van der Waals surface area contributed by atoms with Gasteiger partial charge in [0.2, 0.25) is 0 Å². The van der Waals surface area contributed by atoms with Crippen molar-refractivity contribution >= 4 is 28.2 Å². The standard InChI is InChI=1S/C19H18N2O3/c1-12-6-4-9-15-16(11-17(19(22)24-3)21-18(12)15)20-13-7-5-8-14(10-13)23-2/h4-11H,1-3H3,(H,20,21). The Labute approximate surface area is 140 Å². The van der Waals surface area contributed by atoms with E-state index >= 15 is 0 Å². The number of pyridine rings is 1. The molecule has 0 radical (unpaired) electrons. The Morgan fingerprint density at radius 1 is 1.08 bits per heavy atom. The summed E-state index contributed by atoms with van der Waals surface area (Å²) in [7, 11) is 2.97. The minimum Gasteiger partial charge on any atom is -0.497 e. The number of carbonyl (C=O) groups is 1. The fourth-order valence-electron chi connectivity index (χ4n) is 2.56. The van der Waals surface area contributed by atoms with Crippen LogP contribution >= 0.6 is 0 Å². The molecular formula is C19H18N2O3. The van der Waals surface area contributed by atoms with E-state index < -0.39 is 5.97 Å². The Balaban J connectivity index is 2.14. The third-order valence-electron chi connectivity index (χ3n) is 3.78. The topological polar surface area (TPSA) is 60.5 Å². The second-order valence-corrected chi connectivity index (χ2v) is 5.37. The summed E-state index contributed by atoms with van der Waals surface area (Å²) in [4.78, 5) is 16.4. The van der Waals surface area contributed by atoms with Gasteiger partial charge in [-0.1, -0.05) is 24.3 Å². The van der Waals surface area contributed by atoms with Gasteiger partial charge in [-0.15, -0.1) is 0 Å². The first kappa shape index (κ1) is 15.8. The first-order valence-corrected chi connectivity index (χ1v) is 7.52. The number of aromatic nitrogens is 1. The number of para-hydroxylation sites is 1. The Hall–Kier alpha value is -3.08. The molecule has 24 heavy (non-hydrogen) atoms. The molecule has 3 aromatic rings. The lowest BCUT2D eigenvalue weighted by Crippen LogP contribution is -2.06. The summed E-state index contributed by atoms with van der Waals surface area (Å²) in [5.74, 6) is 0.288. The van der Waals surface area contributed by atoms with Gasteiger partial charge in [-0.05, 0) is 30.7 Å². The van der Waals surface area contributed by atoms with Crippen LogP contribution in [-0.4, -0.2) is 25.2 Å². The number of fused-ring (bicyclic) bond motifs is 1. The number of methoxy groups -OCH3 is 2. The van der Waals surface area contributed by atoms with Crippen molar-refractivity contribution < 1.29 is 14.3 Å². The van der Waals surface area contributed by atoms with Crippen LogP contribution < -0.4 is 10.1 Å². The maximum atomic E-state index is 11.9. The van der Waals surface area contributed by atoms with Crippen LogP contribution in [0.25, 0.3) is 10.9 Å². The molecule has 0 saturated heterocycles. The highest BCUT2D eigenvalue weighted by molar-refractivity contribution is 5.99. The van der Waals surface area contributed by atoms with Crippen molar-refractivity contribution in [3.8, 4) is 5.75 Å². The van der Waals surface area contributed by atoms with Crippen molar-refractivity contribution in [2.45, 2.75) is 6.92 Å². The number of anilines is 2. The van der Waals surface area contributed by atoms with Gasteiger partial charge in [-0.25, -0.2) is 9.78 Å². The molecule has 5 heteroatoms. The number of carbonyl (C=O) groups excluding carboxylic acids is 1. The molecule has 2 aromatic carbocycles. The Kier molecular flexibility index (Phi) is 4.33. The summed E-state index contributed by atoms with van der Waals surface area (Å²) >= 11 is 0. The third kappa shape index (κ3) is 3.01. The number of ether oxygens (including phenoxy) is 2. The van der Waals surface area contributed by atoms with Crippen molar-refractivity contribution in [3.05, 3.63) is 59.8 Å². The van der Waals surface area contributed by atoms with E-state index in [4.69, 9.17) is 9.47 Å². The van der Waals surface area contributed by atoms with Gasteiger partial charge < -0.3 is 14.8 Å². The predicted molar refractivity (Wildman–Crippen MR) is 94.1 cm³/mol. The number of esters is 1. The summed E-state index contributed by atoms with van der Waals surface area (Å²) in [6.07, 6.45) is 0. The zero-order chi connectivity index (χ0) is 17.1. The van der Waals surface area contributed by atoms with Crippen LogP contribution in [-0.2, 0) is 4.74 Å². The van der Waals surface area contributed by atoms with Crippen LogP contribution in [0.15, 0.2) is 48.5 Å². The summed E-state index contributed by atoms with van der Waals surface area (Å²) in [5.41, 5.74) is 3.68. The highest BCUT2D eigenvalue weighted by Gasteiger charge is 2.14. The van der Waals surface area contributed by atoms with E-state index in [0.717, 1.165) is 33.6 Å². The van der Waals surface area contributed by atoms with E-state index in [9.17, 15) is 4.79 Å². The van der Waals surface area contributed by atoms with E-state index in [2.05, 4.69) is 10.3 Å². The van der Waals surface area contributed by atoms with Crippen molar-refractivity contribution in [2.75, 3.05) is 19.5 Å². The van der Waals surface area contributed by atoms with Crippen LogP contribution in [0.4, 0.5) is 11.4 Å². The molecule has 0 saturated carbocycles. The van der Waals surface area contributed by atoms with Gasteiger partial charge in [-0.3, -0.25) is 0 Å². The minimum absolute atomic E-state index is 0.268. The van der Waals surface area contributed by atoms with Gasteiger partial charge in [0.05, 0.1) is 25.4 Å². The fraction of sp³-hybridized carbons (Fsp3) is 0.158. The number of hydrogen-bond acceptors (Lipinski definition) is 5. The van der Waals surface area contributed by atoms with Gasteiger partial charge in [0.25, 0.3) is 0 Å². The molecule has 1 aromatic heterocycles. The van der Waals surface area contributed by atoms with Gasteiger partial charge in [0.1, 0.15) is 5.75 Å². The number of hydrogen-bond donors (Lipinski definition) is 1. The van der Waals surface area contributed by atoms with E-state index in [1.165, 1.54) is 7.11 Å². The van der Waals surface area contributed by atoms with E-state index in [-0.39, 0.29) is 5.69 Å². The van der Waals surface area contributed by atoms with Crippen LogP contribution in [0.2, 0.25) is 0 Å². The molecule has 0 fully saturated rings. The Morgan fingerprint density at radius 3 is 2.62 bits per heavy atom. The third-order valence-corrected chi connectivity index (χ3v) is 3.78. The Morgan fingerprint density at radius 2 is 1.88 bits per heavy atom. The lowest BCUT2D eigenvalue weighted by atomic mass is 10.1. The largest absolute Gasteiger partial charge is 0.497 e.